The highest BCUT2D eigenvalue weighted by Crippen LogP contribution is 2.30. The van der Waals surface area contributed by atoms with Crippen LogP contribution in [0.5, 0.6) is 6.01 Å². The van der Waals surface area contributed by atoms with Gasteiger partial charge in [0.05, 0.1) is 0 Å². The molecular formula is C18H20FN3O. The first-order valence-corrected chi connectivity index (χ1v) is 8.16. The van der Waals surface area contributed by atoms with Gasteiger partial charge in [0.2, 0.25) is 0 Å². The second-order valence-corrected chi connectivity index (χ2v) is 6.53. The summed E-state index contributed by atoms with van der Waals surface area (Å²) in [5.74, 6) is 0.359. The Kier molecular flexibility index (Phi) is 3.73. The number of nitrogens with zero attached hydrogens (tertiary/aromatic N) is 3. The Morgan fingerprint density at radius 1 is 1.17 bits per heavy atom. The molecule has 0 radical (unpaired) electrons. The Labute approximate surface area is 135 Å². The van der Waals surface area contributed by atoms with Gasteiger partial charge in [-0.1, -0.05) is 12.1 Å². The lowest BCUT2D eigenvalue weighted by molar-refractivity contribution is -0.0123. The maximum absolute atomic E-state index is 14.0. The first-order valence-electron chi connectivity index (χ1n) is 8.16. The number of aromatic nitrogens is 2. The van der Waals surface area contributed by atoms with Crippen LogP contribution in [0.15, 0.2) is 30.6 Å². The summed E-state index contributed by atoms with van der Waals surface area (Å²) >= 11 is 0. The molecule has 0 aliphatic carbocycles. The topological polar surface area (TPSA) is 38.2 Å². The molecule has 0 saturated carbocycles. The van der Waals surface area contributed by atoms with E-state index in [-0.39, 0.29) is 11.9 Å². The van der Waals surface area contributed by atoms with E-state index >= 15 is 0 Å². The van der Waals surface area contributed by atoms with E-state index in [4.69, 9.17) is 4.74 Å². The fourth-order valence-corrected chi connectivity index (χ4v) is 3.55. The van der Waals surface area contributed by atoms with Crippen molar-refractivity contribution in [3.05, 3.63) is 42.0 Å². The fourth-order valence-electron chi connectivity index (χ4n) is 3.55. The zero-order chi connectivity index (χ0) is 15.8. The summed E-state index contributed by atoms with van der Waals surface area (Å²) in [5.41, 5.74) is 2.09. The Bertz CT molecular complexity index is 696. The third-order valence-corrected chi connectivity index (χ3v) is 4.92. The van der Waals surface area contributed by atoms with Crippen LogP contribution in [-0.4, -0.2) is 40.6 Å². The van der Waals surface area contributed by atoms with Gasteiger partial charge in [0.1, 0.15) is 11.9 Å². The standard InChI is InChI=1S/C18H20FN3O/c1-12-2-3-15(16(19)8-12)14-9-20-18(21-10-14)23-17-11-22-6-4-13(17)5-7-22/h2-3,8-10,13,17H,4-7,11H2,1H3/t17-/m0/s1. The van der Waals surface area contributed by atoms with E-state index < -0.39 is 0 Å². The zero-order valence-electron chi connectivity index (χ0n) is 13.2. The maximum Gasteiger partial charge on any atom is 0.316 e. The second-order valence-electron chi connectivity index (χ2n) is 6.53. The number of rotatable bonds is 3. The highest BCUT2D eigenvalue weighted by Gasteiger charge is 2.35. The summed E-state index contributed by atoms with van der Waals surface area (Å²) in [7, 11) is 0. The molecule has 1 aromatic carbocycles. The Balaban J connectivity index is 1.50. The summed E-state index contributed by atoms with van der Waals surface area (Å²) in [6.45, 7) is 5.19. The Morgan fingerprint density at radius 3 is 2.52 bits per heavy atom. The lowest BCUT2D eigenvalue weighted by atomic mass is 9.86. The minimum atomic E-state index is -0.250. The van der Waals surface area contributed by atoms with Gasteiger partial charge in [-0.25, -0.2) is 14.4 Å². The van der Waals surface area contributed by atoms with Gasteiger partial charge in [0.15, 0.2) is 0 Å². The summed E-state index contributed by atoms with van der Waals surface area (Å²) in [6, 6.07) is 5.56. The van der Waals surface area contributed by atoms with Crippen LogP contribution in [0.1, 0.15) is 18.4 Å². The van der Waals surface area contributed by atoms with Crippen LogP contribution in [0.25, 0.3) is 11.1 Å². The monoisotopic (exact) mass is 313 g/mol. The molecule has 23 heavy (non-hydrogen) atoms. The number of benzene rings is 1. The van der Waals surface area contributed by atoms with Gasteiger partial charge in [-0.2, -0.15) is 0 Å². The molecule has 5 rings (SSSR count). The maximum atomic E-state index is 14.0. The lowest BCUT2D eigenvalue weighted by Gasteiger charge is -2.43. The van der Waals surface area contributed by atoms with E-state index in [0.717, 1.165) is 12.1 Å². The van der Waals surface area contributed by atoms with E-state index in [9.17, 15) is 4.39 Å². The van der Waals surface area contributed by atoms with E-state index in [1.165, 1.54) is 32.0 Å². The van der Waals surface area contributed by atoms with Crippen LogP contribution < -0.4 is 4.74 Å². The number of fused-ring (bicyclic) bond motifs is 3. The molecule has 1 atom stereocenters. The molecule has 0 unspecified atom stereocenters. The lowest BCUT2D eigenvalue weighted by Crippen LogP contribution is -2.52. The predicted octanol–water partition coefficient (Wildman–Crippen LogP) is 3.06. The molecule has 3 aliphatic rings. The first-order chi connectivity index (χ1) is 11.2. The highest BCUT2D eigenvalue weighted by atomic mass is 19.1. The molecule has 1 aromatic heterocycles. The van der Waals surface area contributed by atoms with Crippen molar-refractivity contribution in [3.8, 4) is 17.1 Å². The molecule has 3 saturated heterocycles. The first kappa shape index (κ1) is 14.6. The van der Waals surface area contributed by atoms with Crippen molar-refractivity contribution in [1.29, 1.82) is 0 Å². The van der Waals surface area contributed by atoms with Crippen LogP contribution in [0, 0.1) is 18.7 Å². The third-order valence-electron chi connectivity index (χ3n) is 4.92. The van der Waals surface area contributed by atoms with Crippen molar-refractivity contribution in [3.63, 3.8) is 0 Å². The van der Waals surface area contributed by atoms with Gasteiger partial charge >= 0.3 is 6.01 Å². The Morgan fingerprint density at radius 2 is 1.91 bits per heavy atom. The zero-order valence-corrected chi connectivity index (χ0v) is 13.2. The molecule has 4 heterocycles. The van der Waals surface area contributed by atoms with E-state index in [1.54, 1.807) is 18.5 Å². The molecule has 5 heteroatoms. The largest absolute Gasteiger partial charge is 0.458 e. The van der Waals surface area contributed by atoms with Crippen molar-refractivity contribution >= 4 is 0 Å². The molecular weight excluding hydrogens is 293 g/mol. The number of hydrogen-bond donors (Lipinski definition) is 0. The van der Waals surface area contributed by atoms with E-state index in [0.29, 0.717) is 23.1 Å². The van der Waals surface area contributed by atoms with Crippen molar-refractivity contribution in [2.45, 2.75) is 25.9 Å². The molecule has 2 aromatic rings. The Hall–Kier alpha value is -2.01. The fraction of sp³-hybridized carbons (Fsp3) is 0.444. The number of halogens is 1. The highest BCUT2D eigenvalue weighted by molar-refractivity contribution is 5.62. The van der Waals surface area contributed by atoms with Crippen molar-refractivity contribution in [2.75, 3.05) is 19.6 Å². The van der Waals surface area contributed by atoms with Crippen LogP contribution in [0.2, 0.25) is 0 Å². The molecule has 0 spiro atoms. The quantitative estimate of drug-likeness (QED) is 0.873. The summed E-state index contributed by atoms with van der Waals surface area (Å²) in [4.78, 5) is 11.0. The molecule has 3 fully saturated rings. The molecule has 120 valence electrons. The van der Waals surface area contributed by atoms with Crippen molar-refractivity contribution < 1.29 is 9.13 Å². The number of ether oxygens (including phenoxy) is 1. The number of aryl methyl sites for hydroxylation is 1. The molecule has 3 aliphatic heterocycles. The van der Waals surface area contributed by atoms with Gasteiger partial charge in [0, 0.05) is 30.1 Å². The number of piperidine rings is 3. The van der Waals surface area contributed by atoms with Gasteiger partial charge in [-0.05, 0) is 50.4 Å². The van der Waals surface area contributed by atoms with E-state index in [2.05, 4.69) is 14.9 Å². The molecule has 0 N–H and O–H groups in total. The van der Waals surface area contributed by atoms with Gasteiger partial charge < -0.3 is 4.74 Å². The van der Waals surface area contributed by atoms with Gasteiger partial charge in [0.25, 0.3) is 0 Å². The summed E-state index contributed by atoms with van der Waals surface area (Å²) in [5, 5.41) is 0. The average molecular weight is 313 g/mol. The van der Waals surface area contributed by atoms with Crippen molar-refractivity contribution in [2.24, 2.45) is 5.92 Å². The van der Waals surface area contributed by atoms with Crippen LogP contribution in [0.3, 0.4) is 0 Å². The summed E-state index contributed by atoms with van der Waals surface area (Å²) in [6.07, 6.45) is 5.84. The normalized spacial score (nSPS) is 26.3. The minimum Gasteiger partial charge on any atom is -0.458 e. The number of hydrogen-bond acceptors (Lipinski definition) is 4. The van der Waals surface area contributed by atoms with E-state index in [1.807, 2.05) is 13.0 Å². The second kappa shape index (κ2) is 5.89. The predicted molar refractivity (Wildman–Crippen MR) is 85.7 cm³/mol. The summed E-state index contributed by atoms with van der Waals surface area (Å²) < 4.78 is 20.0. The minimum absolute atomic E-state index is 0.180. The van der Waals surface area contributed by atoms with Gasteiger partial charge in [-0.15, -0.1) is 0 Å². The molecule has 4 nitrogen and oxygen atoms in total. The smallest absolute Gasteiger partial charge is 0.316 e. The molecule has 0 amide bonds. The SMILES string of the molecule is Cc1ccc(-c2cnc(O[C@H]3CN4CCC3CC4)nc2)c(F)c1. The molecule has 2 bridgehead atoms. The van der Waals surface area contributed by atoms with Crippen LogP contribution >= 0.6 is 0 Å². The van der Waals surface area contributed by atoms with Crippen molar-refractivity contribution in [1.82, 2.24) is 14.9 Å². The van der Waals surface area contributed by atoms with Gasteiger partial charge in [-0.3, -0.25) is 4.90 Å². The average Bonchev–Trinajstić information content (AvgIpc) is 2.57. The third kappa shape index (κ3) is 2.93. The van der Waals surface area contributed by atoms with Crippen LogP contribution in [-0.2, 0) is 0 Å². The van der Waals surface area contributed by atoms with Crippen LogP contribution in [0.4, 0.5) is 4.39 Å².